The highest BCUT2D eigenvalue weighted by atomic mass is 16.8. The van der Waals surface area contributed by atoms with Crippen molar-refractivity contribution in [2.75, 3.05) is 59.5 Å². The molecular weight excluding hydrogens is 1850 g/mol. The van der Waals surface area contributed by atoms with E-state index in [1.807, 2.05) is 6.08 Å². The number of hydrogen-bond donors (Lipinski definition) is 27. The molecular formula is C93H164N4O42. The highest BCUT2D eigenvalue weighted by Gasteiger charge is 2.64. The quantitative estimate of drug-likeness (QED) is 0.0203. The third-order valence-electron chi connectivity index (χ3n) is 26.5. The predicted molar refractivity (Wildman–Crippen MR) is 484 cm³/mol. The van der Waals surface area contributed by atoms with Crippen LogP contribution in [0.2, 0.25) is 0 Å². The first-order valence-electron chi connectivity index (χ1n) is 49.9. The first kappa shape index (κ1) is 121. The molecule has 0 radical (unpaired) electrons. The number of amides is 4. The smallest absolute Gasteiger partial charge is 0.364 e. The Morgan fingerprint density at radius 1 is 0.381 bits per heavy atom. The van der Waals surface area contributed by atoms with Gasteiger partial charge in [-0.05, 0) is 44.9 Å². The third-order valence-corrected chi connectivity index (χ3v) is 26.5. The van der Waals surface area contributed by atoms with Crippen molar-refractivity contribution < 1.29 is 208 Å². The molecule has 7 aliphatic rings. The second-order valence-electron chi connectivity index (χ2n) is 37.4. The van der Waals surface area contributed by atoms with Gasteiger partial charge in [-0.15, -0.1) is 0 Å². The largest absolute Gasteiger partial charge is 0.477 e. The fraction of sp³-hybridized carbons (Fsp3) is 0.903. The Bertz CT molecular complexity index is 3480. The van der Waals surface area contributed by atoms with Crippen LogP contribution < -0.4 is 21.3 Å². The van der Waals surface area contributed by atoms with Crippen LogP contribution in [0, 0.1) is 0 Å². The van der Waals surface area contributed by atoms with Crippen molar-refractivity contribution in [3.63, 3.8) is 0 Å². The van der Waals surface area contributed by atoms with Crippen LogP contribution in [0.4, 0.5) is 0 Å². The van der Waals surface area contributed by atoms with Crippen LogP contribution in [-0.4, -0.2) is 439 Å². The van der Waals surface area contributed by atoms with Gasteiger partial charge in [0.1, 0.15) is 171 Å². The molecule has 7 fully saturated rings. The van der Waals surface area contributed by atoms with Gasteiger partial charge in [-0.3, -0.25) is 19.2 Å². The summed E-state index contributed by atoms with van der Waals surface area (Å²) in [5.74, 6) is -9.56. The molecule has 0 aromatic heterocycles. The van der Waals surface area contributed by atoms with Crippen LogP contribution in [0.1, 0.15) is 240 Å². The topological polar surface area (TPSA) is 728 Å². The molecule has 0 bridgehead atoms. The van der Waals surface area contributed by atoms with E-state index in [-0.39, 0.29) is 12.3 Å². The number of carboxylic acid groups (broad SMARTS) is 1. The predicted octanol–water partition coefficient (Wildman–Crippen LogP) is -4.16. The minimum atomic E-state index is -3.58. The molecule has 38 atom stereocenters. The van der Waals surface area contributed by atoms with Crippen molar-refractivity contribution in [3.05, 3.63) is 24.3 Å². The van der Waals surface area contributed by atoms with Gasteiger partial charge in [0, 0.05) is 26.7 Å². The molecule has 0 aromatic carbocycles. The number of ether oxygens (including phenoxy) is 14. The van der Waals surface area contributed by atoms with Gasteiger partial charge in [0.15, 0.2) is 37.7 Å². The number of aliphatic carboxylic acids is 1. The number of rotatable bonds is 65. The molecule has 0 aromatic rings. The van der Waals surface area contributed by atoms with Crippen molar-refractivity contribution in [2.24, 2.45) is 0 Å². The zero-order valence-electron chi connectivity index (χ0n) is 80.4. The highest BCUT2D eigenvalue weighted by molar-refractivity contribution is 5.78. The molecule has 0 aliphatic carbocycles. The van der Waals surface area contributed by atoms with E-state index in [0.29, 0.717) is 12.8 Å². The van der Waals surface area contributed by atoms with E-state index in [2.05, 4.69) is 47.3 Å². The van der Waals surface area contributed by atoms with E-state index >= 15 is 0 Å². The molecule has 808 valence electrons. The summed E-state index contributed by atoms with van der Waals surface area (Å²) >= 11 is 0. The summed E-state index contributed by atoms with van der Waals surface area (Å²) in [4.78, 5) is 67.1. The van der Waals surface area contributed by atoms with E-state index in [0.717, 1.165) is 78.1 Å². The Labute approximate surface area is 811 Å². The van der Waals surface area contributed by atoms with Gasteiger partial charge < -0.3 is 205 Å². The summed E-state index contributed by atoms with van der Waals surface area (Å²) in [6.45, 7) is -3.83. The van der Waals surface area contributed by atoms with Crippen molar-refractivity contribution >= 4 is 29.6 Å². The molecule has 27 N–H and O–H groups in total. The van der Waals surface area contributed by atoms with Crippen LogP contribution in [0.3, 0.4) is 0 Å². The Balaban J connectivity index is 1.07. The van der Waals surface area contributed by atoms with E-state index in [1.165, 1.54) is 122 Å². The number of allylic oxidation sites excluding steroid dienone is 3. The molecule has 7 rings (SSSR count). The fourth-order valence-corrected chi connectivity index (χ4v) is 18.4. The van der Waals surface area contributed by atoms with E-state index in [1.54, 1.807) is 6.08 Å². The number of carboxylic acids is 1. The second kappa shape index (κ2) is 63.8. The first-order valence-corrected chi connectivity index (χ1v) is 49.9. The number of aliphatic hydroxyl groups is 22. The average molecular weight is 2010 g/mol. The van der Waals surface area contributed by atoms with Crippen LogP contribution >= 0.6 is 0 Å². The van der Waals surface area contributed by atoms with Crippen molar-refractivity contribution in [1.82, 2.24) is 21.3 Å². The molecule has 0 spiro atoms. The Hall–Kier alpha value is -4.61. The van der Waals surface area contributed by atoms with E-state index in [9.17, 15) is 141 Å². The van der Waals surface area contributed by atoms with Gasteiger partial charge in [-0.2, -0.15) is 0 Å². The number of nitrogens with one attached hydrogen (secondary N) is 4. The van der Waals surface area contributed by atoms with Gasteiger partial charge >= 0.3 is 5.97 Å². The summed E-state index contributed by atoms with van der Waals surface area (Å²) in [6, 6.07) is -7.23. The zero-order valence-corrected chi connectivity index (χ0v) is 80.4. The van der Waals surface area contributed by atoms with Crippen LogP contribution in [0.5, 0.6) is 0 Å². The molecule has 7 saturated heterocycles. The highest BCUT2D eigenvalue weighted by Crippen LogP contribution is 2.43. The molecule has 139 heavy (non-hydrogen) atoms. The van der Waals surface area contributed by atoms with E-state index in [4.69, 9.17) is 66.3 Å². The lowest BCUT2D eigenvalue weighted by Gasteiger charge is -2.53. The summed E-state index contributed by atoms with van der Waals surface area (Å²) in [6.07, 6.45) is -29.4. The van der Waals surface area contributed by atoms with Gasteiger partial charge in [0.25, 0.3) is 5.79 Å². The zero-order chi connectivity index (χ0) is 102. The number of aliphatic hydroxyl groups excluding tert-OH is 22. The maximum atomic E-state index is 14.0. The Morgan fingerprint density at radius 2 is 0.748 bits per heavy atom. The number of carbonyl (C=O) groups is 5. The first-order chi connectivity index (χ1) is 66.7. The second-order valence-corrected chi connectivity index (χ2v) is 37.4. The van der Waals surface area contributed by atoms with Gasteiger partial charge in [0.2, 0.25) is 23.6 Å². The lowest BCUT2D eigenvalue weighted by Crippen LogP contribution is -2.73. The van der Waals surface area contributed by atoms with Crippen LogP contribution in [0.15, 0.2) is 24.3 Å². The minimum absolute atomic E-state index is 0.134. The summed E-state index contributed by atoms with van der Waals surface area (Å²) < 4.78 is 84.5. The lowest BCUT2D eigenvalue weighted by atomic mass is 9.88. The minimum Gasteiger partial charge on any atom is -0.477 e. The van der Waals surface area contributed by atoms with Crippen LogP contribution in [0.25, 0.3) is 0 Å². The normalized spacial score (nSPS) is 36.1. The molecule has 0 saturated carbocycles. The van der Waals surface area contributed by atoms with Gasteiger partial charge in [0.05, 0.1) is 77.1 Å². The average Bonchev–Trinajstić information content (AvgIpc) is 0.742. The van der Waals surface area contributed by atoms with Gasteiger partial charge in [-0.25, -0.2) is 4.79 Å². The fourth-order valence-electron chi connectivity index (χ4n) is 18.4. The van der Waals surface area contributed by atoms with Crippen molar-refractivity contribution in [2.45, 2.75) is 472 Å². The van der Waals surface area contributed by atoms with Crippen LogP contribution in [-0.2, 0) is 90.3 Å². The molecule has 46 nitrogen and oxygen atoms in total. The molecule has 7 aliphatic heterocycles. The van der Waals surface area contributed by atoms with E-state index < -0.39 is 322 Å². The van der Waals surface area contributed by atoms with Crippen molar-refractivity contribution in [3.8, 4) is 0 Å². The maximum Gasteiger partial charge on any atom is 0.364 e. The summed E-state index contributed by atoms with van der Waals surface area (Å²) in [5.41, 5.74) is 0. The standard InChI is InChI=1S/C93H164N4O42/c1-5-7-9-11-13-15-17-19-20-21-22-23-24-25-26-28-30-32-34-36-38-40-63(111)96-53(54(108)39-37-35-33-31-29-27-18-16-14-12-10-8-6-2)50-126-88-76(121)73(118)80(60(46-102)130-88)134-90-77(122)74(119)79(61(47-103)131-90)133-86-66(94-51(3)106)83(71(116)58(44-100)127-86)137-91-78(123)85(139-93(92(124)125)41-55(109)65(97-64(112)49-105)84(138-93)68(113)56(110)42-98)81(62(48-104)132-91)135-87-67(95-52(4)107)82(70(115)59(45-101)128-87)136-89-75(120)72(117)69(114)57(43-99)129-89/h19-20,37,39,53-62,65-91,98-105,108-110,113-123H,5-18,21-36,38,40-50H2,1-4H3,(H,94,106)(H,95,107)(H,96,111)(H,97,112)(H,124,125)/b20-19-,39-37+/t53-,54+,55?,56+,57?,58?,59?,60?,61?,62?,65+,66?,67?,68+,69-,70-,71-,72-,73+,74+,75?,76?,77?,78?,79-,80+,81-,82+,83+,84?,85+,86-,87-,88+,89-,90-,91-,93-/m0/s1. The molecule has 7 heterocycles. The Morgan fingerprint density at radius 3 is 1.18 bits per heavy atom. The molecule has 46 heteroatoms. The number of carbonyl (C=O) groups excluding carboxylic acids is 4. The maximum absolute atomic E-state index is 14.0. The third kappa shape index (κ3) is 36.4. The van der Waals surface area contributed by atoms with Gasteiger partial charge in [-0.1, -0.05) is 192 Å². The Kier molecular flexibility index (Phi) is 55.7. The summed E-state index contributed by atoms with van der Waals surface area (Å²) in [7, 11) is 0. The molecule has 4 amide bonds. The number of hydrogen-bond acceptors (Lipinski definition) is 41. The monoisotopic (exact) mass is 2010 g/mol. The molecule has 14 unspecified atom stereocenters. The number of unbranched alkanes of at least 4 members (excludes halogenated alkanes) is 28. The van der Waals surface area contributed by atoms with Crippen molar-refractivity contribution in [1.29, 1.82) is 0 Å². The SMILES string of the molecule is CCCCCCCC/C=C\CCCCCCCCCCCCCC(=O)N[C@@H](CO[C@@H]1OC(CO)[C@@H](O[C@@H]2OC(CO)[C@H](O[C@@H]3OC(CO)[C@H](O)[C@H](O[C@@H]4OC(CO)[C@H](O[C@@H]5OC(CO)[C@H](O)[C@H](O[C@@H]6OC(CO)[C@H](O)[C@H](O)C6O)C5NC(C)=O)[C@H](O[C@]5(C(=O)O)CC(O)[C@@H](NC(=O)CO)C([C@H](O)[C@H](O)CO)O5)C4O)C3NC(C)=O)[C@H](O)C2O)[C@H](O)C1O)[C@H](O)/C=C/CCCCCCCCCCCCC. The lowest BCUT2D eigenvalue weighted by molar-refractivity contribution is -0.403. The summed E-state index contributed by atoms with van der Waals surface area (Å²) in [5, 5.41) is 268.